The third-order valence-corrected chi connectivity index (χ3v) is 2.58. The second-order valence-corrected chi connectivity index (χ2v) is 3.51. The number of ether oxygens (including phenoxy) is 1. The fourth-order valence-electron chi connectivity index (χ4n) is 1.66. The summed E-state index contributed by atoms with van der Waals surface area (Å²) in [5.41, 5.74) is 1.17. The molecule has 0 aliphatic heterocycles. The molecule has 12 heavy (non-hydrogen) atoms. The molecule has 0 aromatic carbocycles. The first kappa shape index (κ1) is 9.46. The molecular formula is C10H16O2. The van der Waals surface area contributed by atoms with Gasteiger partial charge in [-0.2, -0.15) is 0 Å². The molecule has 0 amide bonds. The Labute approximate surface area is 73.6 Å². The van der Waals surface area contributed by atoms with E-state index < -0.39 is 0 Å². The molecule has 0 saturated heterocycles. The van der Waals surface area contributed by atoms with Crippen LogP contribution in [-0.2, 0) is 9.53 Å². The van der Waals surface area contributed by atoms with Gasteiger partial charge in [0, 0.05) is 13.5 Å². The van der Waals surface area contributed by atoms with E-state index in [1.54, 1.807) is 7.11 Å². The Morgan fingerprint density at radius 2 is 2.33 bits per heavy atom. The van der Waals surface area contributed by atoms with Crippen LogP contribution in [0.1, 0.15) is 26.2 Å². The predicted molar refractivity (Wildman–Crippen MR) is 48.0 cm³/mol. The van der Waals surface area contributed by atoms with Crippen molar-refractivity contribution in [2.45, 2.75) is 32.3 Å². The van der Waals surface area contributed by atoms with Gasteiger partial charge < -0.3 is 4.74 Å². The average molecular weight is 168 g/mol. The minimum atomic E-state index is -0.180. The Bertz CT molecular complexity index is 196. The number of allylic oxidation sites excluding steroid dienone is 1. The van der Waals surface area contributed by atoms with Crippen molar-refractivity contribution in [3.63, 3.8) is 0 Å². The van der Waals surface area contributed by atoms with E-state index in [2.05, 4.69) is 6.58 Å². The molecule has 0 aromatic heterocycles. The predicted octanol–water partition coefficient (Wildman–Crippen LogP) is 1.95. The van der Waals surface area contributed by atoms with Crippen LogP contribution in [0.2, 0.25) is 0 Å². The van der Waals surface area contributed by atoms with Crippen molar-refractivity contribution in [3.8, 4) is 0 Å². The highest BCUT2D eigenvalue weighted by Gasteiger charge is 2.28. The van der Waals surface area contributed by atoms with Gasteiger partial charge in [-0.25, -0.2) is 0 Å². The zero-order chi connectivity index (χ0) is 9.14. The van der Waals surface area contributed by atoms with Crippen molar-refractivity contribution >= 4 is 5.78 Å². The van der Waals surface area contributed by atoms with Crippen LogP contribution >= 0.6 is 0 Å². The second kappa shape index (κ2) is 3.85. The third-order valence-electron chi connectivity index (χ3n) is 2.58. The number of carbonyl (C=O) groups is 1. The molecule has 1 rings (SSSR count). The van der Waals surface area contributed by atoms with Crippen molar-refractivity contribution in [3.05, 3.63) is 12.2 Å². The fourth-order valence-corrected chi connectivity index (χ4v) is 1.66. The largest absolute Gasteiger partial charge is 0.374 e. The van der Waals surface area contributed by atoms with Crippen LogP contribution in [-0.4, -0.2) is 19.0 Å². The van der Waals surface area contributed by atoms with E-state index in [0.717, 1.165) is 12.8 Å². The number of rotatable bonds is 2. The number of ketones is 1. The van der Waals surface area contributed by atoms with Gasteiger partial charge in [0.1, 0.15) is 6.10 Å². The zero-order valence-corrected chi connectivity index (χ0v) is 7.80. The molecule has 0 N–H and O–H groups in total. The lowest BCUT2D eigenvalue weighted by Crippen LogP contribution is -2.31. The van der Waals surface area contributed by atoms with Crippen LogP contribution in [0.3, 0.4) is 0 Å². The summed E-state index contributed by atoms with van der Waals surface area (Å²) >= 11 is 0. The lowest BCUT2D eigenvalue weighted by atomic mass is 9.82. The number of hydrogen-bond acceptors (Lipinski definition) is 2. The van der Waals surface area contributed by atoms with E-state index in [4.69, 9.17) is 4.74 Å². The fraction of sp³-hybridized carbons (Fsp3) is 0.700. The first-order valence-electron chi connectivity index (χ1n) is 4.36. The molecule has 0 heterocycles. The van der Waals surface area contributed by atoms with Gasteiger partial charge in [-0.05, 0) is 25.7 Å². The number of Topliss-reactive ketones (excluding diaryl/α,β-unsaturated/α-hetero) is 1. The molecule has 1 fully saturated rings. The van der Waals surface area contributed by atoms with Crippen LogP contribution in [0.5, 0.6) is 0 Å². The van der Waals surface area contributed by atoms with Gasteiger partial charge in [0.15, 0.2) is 5.78 Å². The maximum atomic E-state index is 11.2. The lowest BCUT2D eigenvalue weighted by Gasteiger charge is -2.27. The SMILES string of the molecule is C=C(C)[C@H]1CCC(=O)[C@@H](OC)C1. The minimum Gasteiger partial charge on any atom is -0.374 e. The topological polar surface area (TPSA) is 26.3 Å². The molecule has 0 spiro atoms. The van der Waals surface area contributed by atoms with Gasteiger partial charge in [-0.1, -0.05) is 12.2 Å². The molecule has 1 saturated carbocycles. The van der Waals surface area contributed by atoms with E-state index in [-0.39, 0.29) is 11.9 Å². The summed E-state index contributed by atoms with van der Waals surface area (Å²) in [6.45, 7) is 5.93. The number of methoxy groups -OCH3 is 1. The van der Waals surface area contributed by atoms with Crippen molar-refractivity contribution in [1.29, 1.82) is 0 Å². The summed E-state index contributed by atoms with van der Waals surface area (Å²) in [6, 6.07) is 0. The molecule has 1 aliphatic carbocycles. The second-order valence-electron chi connectivity index (χ2n) is 3.51. The lowest BCUT2D eigenvalue weighted by molar-refractivity contribution is -0.132. The summed E-state index contributed by atoms with van der Waals surface area (Å²) in [5, 5.41) is 0. The van der Waals surface area contributed by atoms with E-state index >= 15 is 0 Å². The molecular weight excluding hydrogens is 152 g/mol. The summed E-state index contributed by atoms with van der Waals surface area (Å²) in [4.78, 5) is 11.2. The number of hydrogen-bond donors (Lipinski definition) is 0. The summed E-state index contributed by atoms with van der Waals surface area (Å²) in [7, 11) is 1.60. The third kappa shape index (κ3) is 1.95. The van der Waals surface area contributed by atoms with Crippen LogP contribution < -0.4 is 0 Å². The maximum absolute atomic E-state index is 11.2. The summed E-state index contributed by atoms with van der Waals surface area (Å²) in [5.74, 6) is 0.725. The van der Waals surface area contributed by atoms with Crippen LogP contribution in [0, 0.1) is 5.92 Å². The van der Waals surface area contributed by atoms with Crippen molar-refractivity contribution in [2.24, 2.45) is 5.92 Å². The number of carbonyl (C=O) groups excluding carboxylic acids is 1. The Morgan fingerprint density at radius 3 is 2.83 bits per heavy atom. The van der Waals surface area contributed by atoms with E-state index in [9.17, 15) is 4.79 Å². The Kier molecular flexibility index (Phi) is 3.04. The normalized spacial score (nSPS) is 30.3. The Balaban J connectivity index is 2.55. The minimum absolute atomic E-state index is 0.180. The highest BCUT2D eigenvalue weighted by molar-refractivity contribution is 5.83. The Morgan fingerprint density at radius 1 is 1.67 bits per heavy atom. The molecule has 2 atom stereocenters. The average Bonchev–Trinajstić information content (AvgIpc) is 2.05. The van der Waals surface area contributed by atoms with Crippen LogP contribution in [0.25, 0.3) is 0 Å². The zero-order valence-electron chi connectivity index (χ0n) is 7.80. The van der Waals surface area contributed by atoms with Crippen molar-refractivity contribution in [2.75, 3.05) is 7.11 Å². The van der Waals surface area contributed by atoms with Gasteiger partial charge in [-0.15, -0.1) is 0 Å². The van der Waals surface area contributed by atoms with Crippen molar-refractivity contribution in [1.82, 2.24) is 0 Å². The van der Waals surface area contributed by atoms with Gasteiger partial charge in [0.25, 0.3) is 0 Å². The molecule has 0 aromatic rings. The Hall–Kier alpha value is -0.630. The van der Waals surface area contributed by atoms with Crippen LogP contribution in [0.15, 0.2) is 12.2 Å². The summed E-state index contributed by atoms with van der Waals surface area (Å²) < 4.78 is 5.09. The standard InChI is InChI=1S/C10H16O2/c1-7(2)8-4-5-9(11)10(6-8)12-3/h8,10H,1,4-6H2,2-3H3/t8-,10-/m0/s1. The quantitative estimate of drug-likeness (QED) is 0.589. The first-order chi connectivity index (χ1) is 5.65. The highest BCUT2D eigenvalue weighted by atomic mass is 16.5. The molecule has 2 heteroatoms. The van der Waals surface area contributed by atoms with E-state index in [1.807, 2.05) is 6.92 Å². The molecule has 0 bridgehead atoms. The van der Waals surface area contributed by atoms with Gasteiger partial charge in [0.05, 0.1) is 0 Å². The molecule has 68 valence electrons. The molecule has 0 unspecified atom stereocenters. The molecule has 1 aliphatic rings. The van der Waals surface area contributed by atoms with Crippen molar-refractivity contribution < 1.29 is 9.53 Å². The van der Waals surface area contributed by atoms with Gasteiger partial charge in [0.2, 0.25) is 0 Å². The highest BCUT2D eigenvalue weighted by Crippen LogP contribution is 2.28. The maximum Gasteiger partial charge on any atom is 0.161 e. The molecule has 0 radical (unpaired) electrons. The van der Waals surface area contributed by atoms with E-state index in [0.29, 0.717) is 12.3 Å². The van der Waals surface area contributed by atoms with Gasteiger partial charge >= 0.3 is 0 Å². The van der Waals surface area contributed by atoms with Crippen LogP contribution in [0.4, 0.5) is 0 Å². The first-order valence-corrected chi connectivity index (χ1v) is 4.36. The molecule has 2 nitrogen and oxygen atoms in total. The van der Waals surface area contributed by atoms with Gasteiger partial charge in [-0.3, -0.25) is 4.79 Å². The monoisotopic (exact) mass is 168 g/mol. The smallest absolute Gasteiger partial charge is 0.161 e. The van der Waals surface area contributed by atoms with E-state index in [1.165, 1.54) is 5.57 Å². The summed E-state index contributed by atoms with van der Waals surface area (Å²) in [6.07, 6.45) is 2.25.